The molecule has 5 heteroatoms. The first-order valence-corrected chi connectivity index (χ1v) is 5.23. The molecule has 1 aromatic rings. The highest BCUT2D eigenvalue weighted by Crippen LogP contribution is 2.13. The lowest BCUT2D eigenvalue weighted by atomic mass is 10.4. The van der Waals surface area contributed by atoms with E-state index in [0.29, 0.717) is 11.7 Å². The highest BCUT2D eigenvalue weighted by molar-refractivity contribution is 14.1. The Kier molecular flexibility index (Phi) is 3.92. The number of nitrogens with zero attached hydrogens (tertiary/aromatic N) is 1. The van der Waals surface area contributed by atoms with E-state index in [1.54, 1.807) is 6.07 Å². The van der Waals surface area contributed by atoms with Gasteiger partial charge < -0.3 is 5.32 Å². The number of hydrogen-bond acceptors (Lipinski definition) is 2. The highest BCUT2D eigenvalue weighted by atomic mass is 127. The molecule has 1 rings (SSSR count). The zero-order valence-electron chi connectivity index (χ0n) is 6.97. The van der Waals surface area contributed by atoms with E-state index in [4.69, 9.17) is 11.6 Å². The Morgan fingerprint density at radius 1 is 1.69 bits per heavy atom. The van der Waals surface area contributed by atoms with E-state index in [1.807, 2.05) is 6.07 Å². The Bertz CT molecular complexity index is 330. The van der Waals surface area contributed by atoms with Crippen molar-refractivity contribution in [3.63, 3.8) is 0 Å². The molecule has 0 spiro atoms. The van der Waals surface area contributed by atoms with Crippen molar-refractivity contribution in [3.05, 3.63) is 21.4 Å². The summed E-state index contributed by atoms with van der Waals surface area (Å²) in [6.45, 7) is 1.45. The lowest BCUT2D eigenvalue weighted by molar-refractivity contribution is -0.114. The van der Waals surface area contributed by atoms with Gasteiger partial charge in [-0.2, -0.15) is 0 Å². The van der Waals surface area contributed by atoms with Crippen LogP contribution in [-0.2, 0) is 10.7 Å². The molecule has 0 radical (unpaired) electrons. The van der Waals surface area contributed by atoms with Crippen molar-refractivity contribution in [2.24, 2.45) is 0 Å². The van der Waals surface area contributed by atoms with Crippen LogP contribution in [0.15, 0.2) is 12.1 Å². The number of anilines is 1. The molecule has 0 aliphatic heterocycles. The largest absolute Gasteiger partial charge is 0.311 e. The molecule has 13 heavy (non-hydrogen) atoms. The van der Waals surface area contributed by atoms with Crippen LogP contribution in [-0.4, -0.2) is 10.9 Å². The number of rotatable bonds is 2. The third-order valence-electron chi connectivity index (χ3n) is 1.28. The summed E-state index contributed by atoms with van der Waals surface area (Å²) in [4.78, 5) is 14.9. The Morgan fingerprint density at radius 2 is 2.38 bits per heavy atom. The van der Waals surface area contributed by atoms with E-state index in [1.165, 1.54) is 6.92 Å². The van der Waals surface area contributed by atoms with Crippen LogP contribution in [0.5, 0.6) is 0 Å². The van der Waals surface area contributed by atoms with Crippen LogP contribution in [0.2, 0.25) is 0 Å². The maximum absolute atomic E-state index is 10.7. The minimum absolute atomic E-state index is 0.130. The number of alkyl halides is 1. The van der Waals surface area contributed by atoms with Gasteiger partial charge in [0.05, 0.1) is 11.6 Å². The first kappa shape index (κ1) is 10.7. The number of hydrogen-bond donors (Lipinski definition) is 1. The molecule has 0 saturated carbocycles. The molecular formula is C8H8ClIN2O. The van der Waals surface area contributed by atoms with Crippen molar-refractivity contribution < 1.29 is 4.79 Å². The van der Waals surface area contributed by atoms with Crippen LogP contribution in [0.1, 0.15) is 12.6 Å². The predicted molar refractivity (Wildman–Crippen MR) is 60.8 cm³/mol. The number of carbonyl (C=O) groups is 1. The summed E-state index contributed by atoms with van der Waals surface area (Å²) in [6.07, 6.45) is 0. The summed E-state index contributed by atoms with van der Waals surface area (Å²) in [5.74, 6) is 0.772. The van der Waals surface area contributed by atoms with Gasteiger partial charge in [0.1, 0.15) is 5.82 Å². The van der Waals surface area contributed by atoms with Crippen molar-refractivity contribution in [3.8, 4) is 0 Å². The second-order valence-corrected chi connectivity index (χ2v) is 3.99. The standard InChI is InChI=1S/C8H8ClIN2O/c1-5(13)11-8-3-6(10)2-7(4-9)12-8/h2-3H,4H2,1H3,(H,11,12,13). The zero-order chi connectivity index (χ0) is 9.84. The summed E-state index contributed by atoms with van der Waals surface area (Å²) in [7, 11) is 0. The number of pyridine rings is 1. The van der Waals surface area contributed by atoms with Gasteiger partial charge in [-0.25, -0.2) is 4.98 Å². The lowest BCUT2D eigenvalue weighted by Crippen LogP contribution is -2.08. The fourth-order valence-electron chi connectivity index (χ4n) is 0.864. The fourth-order valence-corrected chi connectivity index (χ4v) is 1.65. The maximum Gasteiger partial charge on any atom is 0.222 e. The number of amides is 1. The third kappa shape index (κ3) is 3.48. The maximum atomic E-state index is 10.7. The summed E-state index contributed by atoms with van der Waals surface area (Å²) in [5, 5.41) is 2.61. The number of carbonyl (C=O) groups excluding carboxylic acids is 1. The van der Waals surface area contributed by atoms with E-state index >= 15 is 0 Å². The minimum atomic E-state index is -0.130. The van der Waals surface area contributed by atoms with Gasteiger partial charge in [0, 0.05) is 10.5 Å². The molecule has 0 atom stereocenters. The Hall–Kier alpha value is -0.360. The third-order valence-corrected chi connectivity index (χ3v) is 2.18. The van der Waals surface area contributed by atoms with Crippen LogP contribution in [0, 0.1) is 3.57 Å². The molecule has 1 N–H and O–H groups in total. The number of nitrogens with one attached hydrogen (secondary N) is 1. The van der Waals surface area contributed by atoms with Crippen LogP contribution >= 0.6 is 34.2 Å². The number of aromatic nitrogens is 1. The van der Waals surface area contributed by atoms with Gasteiger partial charge in [0.2, 0.25) is 5.91 Å². The van der Waals surface area contributed by atoms with E-state index in [2.05, 4.69) is 32.9 Å². The summed E-state index contributed by atoms with van der Waals surface area (Å²) < 4.78 is 1.01. The highest BCUT2D eigenvalue weighted by Gasteiger charge is 2.01. The van der Waals surface area contributed by atoms with Crippen LogP contribution in [0.4, 0.5) is 5.82 Å². The second-order valence-electron chi connectivity index (χ2n) is 2.48. The van der Waals surface area contributed by atoms with Gasteiger partial charge >= 0.3 is 0 Å². The predicted octanol–water partition coefficient (Wildman–Crippen LogP) is 2.38. The molecule has 0 saturated heterocycles. The molecule has 3 nitrogen and oxygen atoms in total. The monoisotopic (exact) mass is 310 g/mol. The molecule has 1 aromatic heterocycles. The van der Waals surface area contributed by atoms with Gasteiger partial charge in [0.15, 0.2) is 0 Å². The van der Waals surface area contributed by atoms with Crippen LogP contribution < -0.4 is 5.32 Å². The Labute approximate surface area is 95.0 Å². The molecule has 0 aromatic carbocycles. The normalized spacial score (nSPS) is 9.77. The number of halogens is 2. The summed E-state index contributed by atoms with van der Waals surface area (Å²) >= 11 is 7.78. The molecule has 0 aliphatic carbocycles. The van der Waals surface area contributed by atoms with E-state index in [0.717, 1.165) is 9.26 Å². The lowest BCUT2D eigenvalue weighted by Gasteiger charge is -2.03. The molecule has 1 amide bonds. The molecule has 0 unspecified atom stereocenters. The van der Waals surface area contributed by atoms with E-state index < -0.39 is 0 Å². The molecule has 1 heterocycles. The van der Waals surface area contributed by atoms with E-state index in [9.17, 15) is 4.79 Å². The van der Waals surface area contributed by atoms with Gasteiger partial charge in [-0.15, -0.1) is 11.6 Å². The van der Waals surface area contributed by atoms with E-state index in [-0.39, 0.29) is 5.91 Å². The smallest absolute Gasteiger partial charge is 0.222 e. The quantitative estimate of drug-likeness (QED) is 0.673. The molecular weight excluding hydrogens is 302 g/mol. The molecule has 70 valence electrons. The fraction of sp³-hybridized carbons (Fsp3) is 0.250. The molecule has 0 bridgehead atoms. The Morgan fingerprint density at radius 3 is 2.92 bits per heavy atom. The Balaban J connectivity index is 2.94. The van der Waals surface area contributed by atoms with Crippen molar-refractivity contribution in [1.82, 2.24) is 4.98 Å². The summed E-state index contributed by atoms with van der Waals surface area (Å²) in [5.41, 5.74) is 0.761. The van der Waals surface area contributed by atoms with Gasteiger partial charge in [0.25, 0.3) is 0 Å². The van der Waals surface area contributed by atoms with Crippen molar-refractivity contribution >= 4 is 45.9 Å². The second kappa shape index (κ2) is 4.76. The van der Waals surface area contributed by atoms with Gasteiger partial charge in [-0.1, -0.05) is 0 Å². The SMILES string of the molecule is CC(=O)Nc1cc(I)cc(CCl)n1. The average Bonchev–Trinajstić information content (AvgIpc) is 2.01. The molecule has 0 aliphatic rings. The van der Waals surface area contributed by atoms with Gasteiger partial charge in [-0.05, 0) is 34.7 Å². The topological polar surface area (TPSA) is 42.0 Å². The summed E-state index contributed by atoms with van der Waals surface area (Å²) in [6, 6.07) is 3.66. The zero-order valence-corrected chi connectivity index (χ0v) is 9.89. The first-order valence-electron chi connectivity index (χ1n) is 3.62. The van der Waals surface area contributed by atoms with Crippen LogP contribution in [0.3, 0.4) is 0 Å². The van der Waals surface area contributed by atoms with Crippen molar-refractivity contribution in [1.29, 1.82) is 0 Å². The first-order chi connectivity index (χ1) is 6.11. The minimum Gasteiger partial charge on any atom is -0.311 e. The molecule has 0 fully saturated rings. The van der Waals surface area contributed by atoms with Crippen molar-refractivity contribution in [2.75, 3.05) is 5.32 Å². The van der Waals surface area contributed by atoms with Crippen molar-refractivity contribution in [2.45, 2.75) is 12.8 Å². The van der Waals surface area contributed by atoms with Gasteiger partial charge in [-0.3, -0.25) is 4.79 Å². The average molecular weight is 311 g/mol. The van der Waals surface area contributed by atoms with Crippen LogP contribution in [0.25, 0.3) is 0 Å².